The average Bonchev–Trinajstić information content (AvgIpc) is 3.53. The van der Waals surface area contributed by atoms with Crippen molar-refractivity contribution in [3.8, 4) is 22.6 Å². The summed E-state index contributed by atoms with van der Waals surface area (Å²) < 4.78 is 5.93. The van der Waals surface area contributed by atoms with Crippen molar-refractivity contribution in [3.63, 3.8) is 0 Å². The summed E-state index contributed by atoms with van der Waals surface area (Å²) in [6.45, 7) is 6.45. The van der Waals surface area contributed by atoms with Crippen molar-refractivity contribution in [3.05, 3.63) is 95.7 Å². The largest absolute Gasteiger partial charge is 0.506 e. The second-order valence-corrected chi connectivity index (χ2v) is 11.1. The zero-order valence-corrected chi connectivity index (χ0v) is 22.2. The number of aromatic nitrogens is 1. The van der Waals surface area contributed by atoms with E-state index in [0.717, 1.165) is 51.3 Å². The van der Waals surface area contributed by atoms with Crippen molar-refractivity contribution in [2.45, 2.75) is 57.8 Å². The van der Waals surface area contributed by atoms with E-state index >= 15 is 0 Å². The standard InChI is InChI=1S/C34H33NO3/c1-21(2)23-13-7-9-17-28(23)38-33(37)26-20-22-12-4-5-14-24(22)29(31(26)36)30-25-15-6-8-16-27(25)35-32(30)34(3)18-10-11-19-34/h4-9,12-17,20-21,35-36H,10-11,18-19H2,1-3H3. The third-order valence-corrected chi connectivity index (χ3v) is 8.25. The number of rotatable bonds is 5. The summed E-state index contributed by atoms with van der Waals surface area (Å²) in [6.07, 6.45) is 4.53. The van der Waals surface area contributed by atoms with E-state index in [0.29, 0.717) is 11.3 Å². The fourth-order valence-corrected chi connectivity index (χ4v) is 6.21. The highest BCUT2D eigenvalue weighted by Gasteiger charge is 2.36. The Labute approximate surface area is 223 Å². The first kappa shape index (κ1) is 24.3. The lowest BCUT2D eigenvalue weighted by Gasteiger charge is -2.25. The maximum absolute atomic E-state index is 13.7. The topological polar surface area (TPSA) is 62.3 Å². The lowest BCUT2D eigenvalue weighted by Crippen LogP contribution is -2.18. The minimum absolute atomic E-state index is 0.0331. The number of nitrogens with one attached hydrogen (secondary N) is 1. The number of phenolic OH excluding ortho intramolecular Hbond substituents is 1. The van der Waals surface area contributed by atoms with E-state index in [1.165, 1.54) is 12.8 Å². The Morgan fingerprint density at radius 3 is 2.32 bits per heavy atom. The van der Waals surface area contributed by atoms with E-state index < -0.39 is 5.97 Å². The highest BCUT2D eigenvalue weighted by molar-refractivity contribution is 6.13. The van der Waals surface area contributed by atoms with Gasteiger partial charge in [-0.15, -0.1) is 0 Å². The first-order chi connectivity index (χ1) is 18.4. The summed E-state index contributed by atoms with van der Waals surface area (Å²) in [6, 6.07) is 25.5. The summed E-state index contributed by atoms with van der Waals surface area (Å²) in [7, 11) is 0. The molecule has 4 heteroatoms. The van der Waals surface area contributed by atoms with Crippen LogP contribution in [0.4, 0.5) is 0 Å². The van der Waals surface area contributed by atoms with Crippen LogP contribution >= 0.6 is 0 Å². The quantitative estimate of drug-likeness (QED) is 0.186. The fourth-order valence-electron chi connectivity index (χ4n) is 6.21. The Morgan fingerprint density at radius 2 is 1.55 bits per heavy atom. The van der Waals surface area contributed by atoms with Crippen LogP contribution in [0.2, 0.25) is 0 Å². The molecular formula is C34H33NO3. The van der Waals surface area contributed by atoms with Gasteiger partial charge in [-0.25, -0.2) is 4.79 Å². The SMILES string of the molecule is CC(C)c1ccccc1OC(=O)c1cc2ccccc2c(-c2c(C3(C)CCCC3)[nH]c3ccccc23)c1O. The molecule has 0 radical (unpaired) electrons. The molecule has 1 saturated carbocycles. The summed E-state index contributed by atoms with van der Waals surface area (Å²) in [5.74, 6) is 0.118. The maximum atomic E-state index is 13.7. The van der Waals surface area contributed by atoms with Gasteiger partial charge in [-0.1, -0.05) is 94.3 Å². The lowest BCUT2D eigenvalue weighted by atomic mass is 9.80. The number of benzene rings is 4. The lowest BCUT2D eigenvalue weighted by molar-refractivity contribution is 0.0730. The number of hydrogen-bond acceptors (Lipinski definition) is 3. The molecule has 2 N–H and O–H groups in total. The van der Waals surface area contributed by atoms with Gasteiger partial charge in [0.05, 0.1) is 0 Å². The number of para-hydroxylation sites is 2. The van der Waals surface area contributed by atoms with Gasteiger partial charge in [-0.3, -0.25) is 0 Å². The third-order valence-electron chi connectivity index (χ3n) is 8.25. The number of aromatic hydroxyl groups is 1. The zero-order chi connectivity index (χ0) is 26.4. The van der Waals surface area contributed by atoms with Crippen LogP contribution in [0.3, 0.4) is 0 Å². The first-order valence-electron chi connectivity index (χ1n) is 13.5. The normalized spacial score (nSPS) is 14.9. The Hall–Kier alpha value is -4.05. The second-order valence-electron chi connectivity index (χ2n) is 11.1. The van der Waals surface area contributed by atoms with Crippen LogP contribution in [0.5, 0.6) is 11.5 Å². The smallest absolute Gasteiger partial charge is 0.347 e. The molecule has 0 aliphatic heterocycles. The zero-order valence-electron chi connectivity index (χ0n) is 22.2. The van der Waals surface area contributed by atoms with Crippen molar-refractivity contribution >= 4 is 27.6 Å². The van der Waals surface area contributed by atoms with E-state index in [-0.39, 0.29) is 22.6 Å². The van der Waals surface area contributed by atoms with E-state index in [1.54, 1.807) is 6.07 Å². The third kappa shape index (κ3) is 3.96. The summed E-state index contributed by atoms with van der Waals surface area (Å²) in [5, 5.41) is 14.7. The summed E-state index contributed by atoms with van der Waals surface area (Å²) in [5.41, 5.74) is 4.93. The number of fused-ring (bicyclic) bond motifs is 2. The Balaban J connectivity index is 1.59. The molecule has 0 bridgehead atoms. The van der Waals surface area contributed by atoms with Gasteiger partial charge in [0.1, 0.15) is 17.1 Å². The fraction of sp³-hybridized carbons (Fsp3) is 0.265. The van der Waals surface area contributed by atoms with Crippen LogP contribution in [-0.2, 0) is 5.41 Å². The van der Waals surface area contributed by atoms with Crippen LogP contribution < -0.4 is 4.74 Å². The van der Waals surface area contributed by atoms with Gasteiger partial charge in [0, 0.05) is 33.1 Å². The van der Waals surface area contributed by atoms with E-state index in [2.05, 4.69) is 37.9 Å². The molecule has 0 amide bonds. The van der Waals surface area contributed by atoms with Crippen LogP contribution in [0.1, 0.15) is 74.0 Å². The van der Waals surface area contributed by atoms with E-state index in [1.807, 2.05) is 60.7 Å². The molecule has 1 aliphatic rings. The molecule has 0 atom stereocenters. The van der Waals surface area contributed by atoms with Gasteiger partial charge >= 0.3 is 5.97 Å². The minimum atomic E-state index is -0.559. The van der Waals surface area contributed by atoms with Crippen molar-refractivity contribution < 1.29 is 14.6 Å². The Kier molecular flexibility index (Phi) is 5.98. The molecule has 1 fully saturated rings. The van der Waals surface area contributed by atoms with Gasteiger partial charge in [-0.05, 0) is 53.3 Å². The monoisotopic (exact) mass is 503 g/mol. The van der Waals surface area contributed by atoms with Crippen molar-refractivity contribution in [1.29, 1.82) is 0 Å². The summed E-state index contributed by atoms with van der Waals surface area (Å²) in [4.78, 5) is 17.4. The molecule has 4 aromatic carbocycles. The van der Waals surface area contributed by atoms with Gasteiger partial charge in [0.15, 0.2) is 0 Å². The van der Waals surface area contributed by atoms with Crippen LogP contribution in [0.25, 0.3) is 32.8 Å². The number of phenols is 1. The molecule has 1 aliphatic carbocycles. The Morgan fingerprint density at radius 1 is 0.895 bits per heavy atom. The molecule has 5 aromatic rings. The molecule has 1 aromatic heterocycles. The predicted molar refractivity (Wildman–Crippen MR) is 154 cm³/mol. The van der Waals surface area contributed by atoms with E-state index in [4.69, 9.17) is 4.74 Å². The predicted octanol–water partition coefficient (Wildman–Crippen LogP) is 8.87. The Bertz CT molecular complexity index is 1670. The van der Waals surface area contributed by atoms with Gasteiger partial charge < -0.3 is 14.8 Å². The molecule has 38 heavy (non-hydrogen) atoms. The molecule has 0 spiro atoms. The first-order valence-corrected chi connectivity index (χ1v) is 13.5. The molecule has 192 valence electrons. The van der Waals surface area contributed by atoms with Gasteiger partial charge in [0.2, 0.25) is 0 Å². The number of carbonyl (C=O) groups is 1. The van der Waals surface area contributed by atoms with E-state index in [9.17, 15) is 9.90 Å². The number of ether oxygens (including phenoxy) is 1. The van der Waals surface area contributed by atoms with Crippen LogP contribution in [0, 0.1) is 0 Å². The highest BCUT2D eigenvalue weighted by atomic mass is 16.5. The molecule has 4 nitrogen and oxygen atoms in total. The van der Waals surface area contributed by atoms with Crippen molar-refractivity contribution in [1.82, 2.24) is 4.98 Å². The number of carbonyl (C=O) groups excluding carboxylic acids is 1. The minimum Gasteiger partial charge on any atom is -0.506 e. The molecule has 1 heterocycles. The number of esters is 1. The second kappa shape index (κ2) is 9.36. The van der Waals surface area contributed by atoms with Crippen LogP contribution in [-0.4, -0.2) is 16.1 Å². The molecule has 0 unspecified atom stereocenters. The molecule has 0 saturated heterocycles. The van der Waals surface area contributed by atoms with Crippen molar-refractivity contribution in [2.24, 2.45) is 0 Å². The van der Waals surface area contributed by atoms with Gasteiger partial charge in [-0.2, -0.15) is 0 Å². The highest BCUT2D eigenvalue weighted by Crippen LogP contribution is 2.50. The maximum Gasteiger partial charge on any atom is 0.347 e. The molecular weight excluding hydrogens is 470 g/mol. The number of aromatic amines is 1. The summed E-state index contributed by atoms with van der Waals surface area (Å²) >= 11 is 0. The van der Waals surface area contributed by atoms with Gasteiger partial charge in [0.25, 0.3) is 0 Å². The molecule has 6 rings (SSSR count). The van der Waals surface area contributed by atoms with Crippen molar-refractivity contribution in [2.75, 3.05) is 0 Å². The van der Waals surface area contributed by atoms with Crippen LogP contribution in [0.15, 0.2) is 78.9 Å². The number of H-pyrrole nitrogens is 1. The average molecular weight is 504 g/mol. The number of hydrogen-bond donors (Lipinski definition) is 2.